The van der Waals surface area contributed by atoms with Crippen LogP contribution in [0.25, 0.3) is 0 Å². The van der Waals surface area contributed by atoms with Crippen LogP contribution in [0.15, 0.2) is 35.9 Å². The van der Waals surface area contributed by atoms with Crippen LogP contribution in [0.1, 0.15) is 91.5 Å². The quantitative estimate of drug-likeness (QED) is 0.130. The van der Waals surface area contributed by atoms with Crippen LogP contribution in [0.3, 0.4) is 0 Å². The molecule has 17 nitrogen and oxygen atoms in total. The number of esters is 1. The minimum atomic E-state index is -1.87. The van der Waals surface area contributed by atoms with Gasteiger partial charge in [0.1, 0.15) is 40.5 Å². The number of nitrogens with zero attached hydrogens (tertiary/aromatic N) is 2. The zero-order valence-corrected chi connectivity index (χ0v) is 42.0. The number of imide groups is 1. The number of aliphatic hydroxyl groups is 1. The van der Waals surface area contributed by atoms with Crippen molar-refractivity contribution in [3.05, 3.63) is 46.5 Å². The summed E-state index contributed by atoms with van der Waals surface area (Å²) in [5.41, 5.74) is -1.09. The molecule has 3 N–H and O–H groups in total. The number of amides is 5. The Morgan fingerprint density at radius 3 is 2.43 bits per heavy atom. The summed E-state index contributed by atoms with van der Waals surface area (Å²) < 4.78 is 29.5. The molecule has 0 aromatic heterocycles. The standard InChI is InChI=1S/C49H67ClN4O13S/c1-26-11-10-12-38(64-9)49(62)24-36(65-47(61)52-49)29(4)43-48(5,67-43)39(23-40(56)53(7)33-20-31(19-26)21-35(63-8)42(33)50)66-46(60)28(3)27(2)34(55)17-18-68-37-22-41(57)54(45(37)59)25-30-13-15-32(16-14-30)44(58)51-6/h10-12,20-21,27-30,32,36-39,43,62H,13-19,22-25H2,1-9H3,(H,51,58)(H,52,61)/b12-10+,26-11+/t27?,28-,29+,30?,32?,36-,37?,38+,39-,43-,48-,49-/m0/s1. The molecular formula is C49H67ClN4O13S. The van der Waals surface area contributed by atoms with Crippen LogP contribution in [0, 0.1) is 29.6 Å². The van der Waals surface area contributed by atoms with Crippen LogP contribution in [0.4, 0.5) is 10.5 Å². The Morgan fingerprint density at radius 2 is 1.76 bits per heavy atom. The smallest absolute Gasteiger partial charge is 0.409 e. The normalized spacial score (nSPS) is 33.2. The summed E-state index contributed by atoms with van der Waals surface area (Å²) in [7, 11) is 6.08. The lowest BCUT2D eigenvalue weighted by Gasteiger charge is -2.42. The monoisotopic (exact) mass is 986 g/mol. The number of carbonyl (C=O) groups is 7. The number of rotatable bonds is 13. The highest BCUT2D eigenvalue weighted by molar-refractivity contribution is 8.00. The number of likely N-dealkylation sites (tertiary alicyclic amines) is 1. The van der Waals surface area contributed by atoms with Crippen LogP contribution in [0.2, 0.25) is 5.02 Å². The van der Waals surface area contributed by atoms with Crippen molar-refractivity contribution >= 4 is 70.5 Å². The molecule has 68 heavy (non-hydrogen) atoms. The van der Waals surface area contributed by atoms with E-state index < -0.39 is 76.7 Å². The number of methoxy groups -OCH3 is 2. The molecule has 5 aliphatic rings. The van der Waals surface area contributed by atoms with Gasteiger partial charge < -0.3 is 39.0 Å². The lowest BCUT2D eigenvalue weighted by atomic mass is 9.81. The van der Waals surface area contributed by atoms with E-state index in [1.165, 1.54) is 35.8 Å². The number of alkyl carbamates (subject to hydrolysis) is 1. The molecule has 4 aliphatic heterocycles. The maximum atomic E-state index is 14.3. The van der Waals surface area contributed by atoms with Gasteiger partial charge in [-0.25, -0.2) is 4.79 Å². The molecule has 1 aliphatic carbocycles. The summed E-state index contributed by atoms with van der Waals surface area (Å²) in [6.07, 6.45) is 3.60. The van der Waals surface area contributed by atoms with Crippen LogP contribution in [0.5, 0.6) is 5.75 Å². The summed E-state index contributed by atoms with van der Waals surface area (Å²) in [4.78, 5) is 96.1. The number of thioether (sulfide) groups is 1. The highest BCUT2D eigenvalue weighted by Gasteiger charge is 2.64. The van der Waals surface area contributed by atoms with Crippen molar-refractivity contribution < 1.29 is 62.4 Å². The van der Waals surface area contributed by atoms with Gasteiger partial charge in [-0.2, -0.15) is 0 Å². The minimum Gasteiger partial charge on any atom is -0.495 e. The summed E-state index contributed by atoms with van der Waals surface area (Å²) in [5, 5.41) is 16.6. The second kappa shape index (κ2) is 22.1. The van der Waals surface area contributed by atoms with Gasteiger partial charge in [-0.1, -0.05) is 56.2 Å². The minimum absolute atomic E-state index is 0.0171. The Morgan fingerprint density at radius 1 is 1.06 bits per heavy atom. The average molecular weight is 988 g/mol. The van der Waals surface area contributed by atoms with Gasteiger partial charge in [0, 0.05) is 70.5 Å². The molecule has 4 fully saturated rings. The van der Waals surface area contributed by atoms with Crippen molar-refractivity contribution in [2.24, 2.45) is 29.6 Å². The van der Waals surface area contributed by atoms with E-state index in [2.05, 4.69) is 10.6 Å². The van der Waals surface area contributed by atoms with Crippen molar-refractivity contribution in [2.45, 2.75) is 133 Å². The van der Waals surface area contributed by atoms with Gasteiger partial charge in [0.15, 0.2) is 5.72 Å². The summed E-state index contributed by atoms with van der Waals surface area (Å²) in [6.45, 7) is 8.93. The Bertz CT molecular complexity index is 2180. The third-order valence-electron chi connectivity index (χ3n) is 14.6. The van der Waals surface area contributed by atoms with Gasteiger partial charge in [-0.3, -0.25) is 39.0 Å². The van der Waals surface area contributed by atoms with E-state index in [4.69, 9.17) is 35.3 Å². The average Bonchev–Trinajstić information content (AvgIpc) is 3.94. The van der Waals surface area contributed by atoms with Gasteiger partial charge >= 0.3 is 12.1 Å². The highest BCUT2D eigenvalue weighted by Crippen LogP contribution is 2.49. The number of Topliss-reactive ketones (excluding diaryl/α,β-unsaturated/α-hetero) is 1. The molecule has 374 valence electrons. The van der Waals surface area contributed by atoms with Gasteiger partial charge in [0.05, 0.1) is 36.5 Å². The van der Waals surface area contributed by atoms with Gasteiger partial charge in [0.2, 0.25) is 23.6 Å². The number of carbonyl (C=O) groups excluding carboxylic acids is 7. The first-order valence-corrected chi connectivity index (χ1v) is 24.9. The fourth-order valence-electron chi connectivity index (χ4n) is 9.91. The second-order valence-corrected chi connectivity index (χ2v) is 20.9. The predicted octanol–water partition coefficient (Wildman–Crippen LogP) is 5.31. The van der Waals surface area contributed by atoms with Crippen molar-refractivity contribution in [1.29, 1.82) is 0 Å². The van der Waals surface area contributed by atoms with Crippen LogP contribution < -0.4 is 20.3 Å². The number of hydrogen-bond acceptors (Lipinski definition) is 14. The van der Waals surface area contributed by atoms with E-state index in [-0.39, 0.29) is 71.8 Å². The molecule has 0 spiro atoms. The Hall–Kier alpha value is -4.49. The van der Waals surface area contributed by atoms with Crippen molar-refractivity contribution in [3.8, 4) is 5.75 Å². The SMILES string of the molecule is CNC(=O)C1CCC(CN2C(=O)CC(SCCC(=O)C(C)[C@H](C)C(=O)O[C@H]3CC(=O)N(C)c4cc(cc(OC)c4Cl)C/C(C)=C/C=C/[C@@H](OC)[C@@]4(O)C[C@H](OC(=O)N4)[C@@H](C)[C@@H]4O[C@@]34C)C2=O)CC1. The zero-order valence-electron chi connectivity index (χ0n) is 40.5. The first kappa shape index (κ1) is 52.9. The number of benzene rings is 1. The lowest BCUT2D eigenvalue weighted by Crippen LogP contribution is -2.63. The van der Waals surface area contributed by atoms with Crippen molar-refractivity contribution in [3.63, 3.8) is 0 Å². The molecule has 0 radical (unpaired) electrons. The molecule has 2 unspecified atom stereocenters. The number of halogens is 1. The van der Waals surface area contributed by atoms with Gasteiger partial charge in [0.25, 0.3) is 0 Å². The molecule has 1 saturated carbocycles. The third-order valence-corrected chi connectivity index (χ3v) is 16.2. The fraction of sp³-hybridized carbons (Fsp3) is 0.653. The fourth-order valence-corrected chi connectivity index (χ4v) is 11.4. The molecule has 3 saturated heterocycles. The zero-order chi connectivity index (χ0) is 49.8. The number of ether oxygens (including phenoxy) is 5. The molecule has 4 heterocycles. The van der Waals surface area contributed by atoms with E-state index >= 15 is 0 Å². The van der Waals surface area contributed by atoms with Crippen LogP contribution in [-0.2, 0) is 54.1 Å². The molecule has 1 aromatic carbocycles. The predicted molar refractivity (Wildman–Crippen MR) is 254 cm³/mol. The van der Waals surface area contributed by atoms with E-state index in [1.54, 1.807) is 66.1 Å². The maximum absolute atomic E-state index is 14.3. The van der Waals surface area contributed by atoms with Crippen LogP contribution in [-0.4, -0.2) is 133 Å². The first-order chi connectivity index (χ1) is 32.1. The highest BCUT2D eigenvalue weighted by atomic mass is 35.5. The molecule has 6 rings (SSSR count). The summed E-state index contributed by atoms with van der Waals surface area (Å²) in [5.74, 6) is -3.58. The largest absolute Gasteiger partial charge is 0.495 e. The number of ketones is 1. The van der Waals surface area contributed by atoms with E-state index in [1.807, 2.05) is 13.0 Å². The molecule has 10 atom stereocenters. The lowest BCUT2D eigenvalue weighted by molar-refractivity contribution is -0.161. The Labute approximate surface area is 407 Å². The van der Waals surface area contributed by atoms with E-state index in [0.29, 0.717) is 37.2 Å². The molecule has 1 aromatic rings. The Kier molecular flexibility index (Phi) is 17.2. The van der Waals surface area contributed by atoms with Crippen LogP contribution >= 0.6 is 23.4 Å². The van der Waals surface area contributed by atoms with Gasteiger partial charge in [-0.05, 0) is 69.6 Å². The number of anilines is 1. The molecular weight excluding hydrogens is 920 g/mol. The summed E-state index contributed by atoms with van der Waals surface area (Å²) in [6, 6.07) is 3.56. The molecule has 4 bridgehead atoms. The number of epoxide rings is 1. The van der Waals surface area contributed by atoms with E-state index in [0.717, 1.165) is 24.0 Å². The number of allylic oxidation sites excluding steroid dienone is 3. The molecule has 5 amide bonds. The number of fused-ring (bicyclic) bond motifs is 5. The van der Waals surface area contributed by atoms with Crippen molar-refractivity contribution in [2.75, 3.05) is 45.5 Å². The third kappa shape index (κ3) is 11.7. The topological polar surface area (TPSA) is 220 Å². The van der Waals surface area contributed by atoms with Gasteiger partial charge in [-0.15, -0.1) is 11.8 Å². The number of hydrogen-bond donors (Lipinski definition) is 3. The summed E-state index contributed by atoms with van der Waals surface area (Å²) >= 11 is 8.07. The molecule has 19 heteroatoms. The van der Waals surface area contributed by atoms with Crippen molar-refractivity contribution in [1.82, 2.24) is 15.5 Å². The number of nitrogens with one attached hydrogen (secondary N) is 2. The Balaban J connectivity index is 1.15. The maximum Gasteiger partial charge on any atom is 0.409 e. The first-order valence-electron chi connectivity index (χ1n) is 23.4. The van der Waals surface area contributed by atoms with E-state index in [9.17, 15) is 38.7 Å². The second-order valence-electron chi connectivity index (χ2n) is 19.3.